The molecule has 478 valence electrons. The zero-order valence-corrected chi connectivity index (χ0v) is 46.1. The maximum Gasteiger partial charge on any atom is 0.426 e. The molecule has 8 atom stereocenters. The van der Waals surface area contributed by atoms with Gasteiger partial charge in [-0.2, -0.15) is 79.0 Å². The first-order valence-electron chi connectivity index (χ1n) is 26.3. The van der Waals surface area contributed by atoms with Gasteiger partial charge in [0.05, 0.1) is 22.2 Å². The van der Waals surface area contributed by atoms with Crippen molar-refractivity contribution >= 4 is 29.8 Å². The molecule has 2 bridgehead atoms. The van der Waals surface area contributed by atoms with Crippen LogP contribution in [0.4, 0.5) is 79.0 Å². The number of aliphatic hydroxyl groups is 3. The van der Waals surface area contributed by atoms with Crippen molar-refractivity contribution in [3.05, 3.63) is 0 Å². The highest BCUT2D eigenvalue weighted by atomic mass is 19.4. The summed E-state index contributed by atoms with van der Waals surface area (Å²) in [5, 5.41) is 28.8. The van der Waals surface area contributed by atoms with Gasteiger partial charge >= 0.3 is 66.9 Å². The number of carbonyl (C=O) groups is 5. The van der Waals surface area contributed by atoms with Crippen molar-refractivity contribution in [3.8, 4) is 0 Å². The molecule has 31 heteroatoms. The topological polar surface area (TPSA) is 192 Å². The van der Waals surface area contributed by atoms with Gasteiger partial charge in [-0.15, -0.1) is 0 Å². The smallest absolute Gasteiger partial charge is 0.426 e. The van der Waals surface area contributed by atoms with Gasteiger partial charge in [0, 0.05) is 30.1 Å². The Hall–Kier alpha value is -4.03. The molecule has 0 spiro atoms. The number of rotatable bonds is 16. The first-order valence-corrected chi connectivity index (χ1v) is 26.3. The Morgan fingerprint density at radius 2 is 0.963 bits per heavy atom. The van der Waals surface area contributed by atoms with Crippen LogP contribution in [-0.2, 0) is 47.7 Å². The largest absolute Gasteiger partial charge is 0.462 e. The zero-order chi connectivity index (χ0) is 63.8. The molecule has 0 aromatic rings. The highest BCUT2D eigenvalue weighted by molar-refractivity contribution is 5.80. The van der Waals surface area contributed by atoms with E-state index in [4.69, 9.17) is 23.7 Å². The van der Waals surface area contributed by atoms with Gasteiger partial charge in [-0.05, 0) is 112 Å². The third kappa shape index (κ3) is 15.3. The van der Waals surface area contributed by atoms with Gasteiger partial charge in [0.1, 0.15) is 24.4 Å². The average Bonchev–Trinajstić information content (AvgIpc) is 3.99. The van der Waals surface area contributed by atoms with E-state index < -0.39 is 150 Å². The van der Waals surface area contributed by atoms with Crippen molar-refractivity contribution < 1.29 is 142 Å². The Kier molecular flexibility index (Phi) is 22.1. The van der Waals surface area contributed by atoms with E-state index in [2.05, 4.69) is 0 Å². The quantitative estimate of drug-likeness (QED) is 0.0752. The normalized spacial score (nSPS) is 25.7. The molecule has 5 aliphatic rings. The molecule has 0 aromatic carbocycles. The van der Waals surface area contributed by atoms with Crippen molar-refractivity contribution in [3.63, 3.8) is 0 Å². The molecule has 1 saturated heterocycles. The minimum atomic E-state index is -6.58. The van der Waals surface area contributed by atoms with Crippen LogP contribution in [-0.4, -0.2) is 130 Å². The highest BCUT2D eigenvalue weighted by Crippen LogP contribution is 2.59. The zero-order valence-electron chi connectivity index (χ0n) is 46.1. The van der Waals surface area contributed by atoms with Crippen LogP contribution in [0.15, 0.2) is 0 Å². The predicted octanol–water partition coefficient (Wildman–Crippen LogP) is 12.1. The third-order valence-corrected chi connectivity index (χ3v) is 17.0. The van der Waals surface area contributed by atoms with Crippen molar-refractivity contribution in [2.45, 2.75) is 230 Å². The molecule has 0 radical (unpaired) electrons. The summed E-state index contributed by atoms with van der Waals surface area (Å²) in [6.07, 6.45) is -44.6. The van der Waals surface area contributed by atoms with E-state index in [0.717, 1.165) is 19.3 Å². The van der Waals surface area contributed by atoms with Crippen LogP contribution in [0.2, 0.25) is 0 Å². The van der Waals surface area contributed by atoms with Crippen LogP contribution < -0.4 is 0 Å². The monoisotopic (exact) mass is 1230 g/mol. The van der Waals surface area contributed by atoms with E-state index in [-0.39, 0.29) is 49.0 Å². The maximum atomic E-state index is 13.3. The Bertz CT molecular complexity index is 2120. The molecular formula is C51H70F18O13. The number of hydrogen-bond acceptors (Lipinski definition) is 13. The second-order valence-electron chi connectivity index (χ2n) is 23.7. The first kappa shape index (κ1) is 72.2. The van der Waals surface area contributed by atoms with E-state index in [1.807, 2.05) is 6.92 Å². The summed E-state index contributed by atoms with van der Waals surface area (Å²) < 4.78 is 264. The van der Waals surface area contributed by atoms with E-state index in [9.17, 15) is 118 Å². The number of halogens is 18. The van der Waals surface area contributed by atoms with Crippen LogP contribution in [0.5, 0.6) is 0 Å². The Balaban J connectivity index is 0.000000330. The third-order valence-electron chi connectivity index (χ3n) is 17.0. The van der Waals surface area contributed by atoms with Crippen molar-refractivity contribution in [2.75, 3.05) is 6.61 Å². The van der Waals surface area contributed by atoms with Crippen molar-refractivity contribution in [1.29, 1.82) is 0 Å². The molecule has 5 rings (SSSR count). The fourth-order valence-electron chi connectivity index (χ4n) is 10.4. The molecule has 3 N–H and O–H groups in total. The maximum absolute atomic E-state index is 13.3. The number of hydrogen-bond donors (Lipinski definition) is 3. The minimum Gasteiger partial charge on any atom is -0.462 e. The Labute approximate surface area is 460 Å². The molecule has 4 aliphatic carbocycles. The van der Waals surface area contributed by atoms with E-state index in [1.165, 1.54) is 34.6 Å². The summed E-state index contributed by atoms with van der Waals surface area (Å²) in [5.41, 5.74) is -19.5. The molecular weight excluding hydrogens is 1160 g/mol. The average molecular weight is 1230 g/mol. The molecule has 0 amide bonds. The van der Waals surface area contributed by atoms with Gasteiger partial charge in [0.25, 0.3) is 16.8 Å². The molecule has 13 nitrogen and oxygen atoms in total. The van der Waals surface area contributed by atoms with Gasteiger partial charge in [-0.3, -0.25) is 19.2 Å². The van der Waals surface area contributed by atoms with Crippen LogP contribution in [0.3, 0.4) is 0 Å². The van der Waals surface area contributed by atoms with Crippen molar-refractivity contribution in [1.82, 2.24) is 0 Å². The fourth-order valence-corrected chi connectivity index (χ4v) is 10.4. The van der Waals surface area contributed by atoms with Gasteiger partial charge in [-0.1, -0.05) is 40.0 Å². The van der Waals surface area contributed by atoms with Crippen LogP contribution in [0.1, 0.15) is 152 Å². The lowest BCUT2D eigenvalue weighted by atomic mass is 9.65. The summed E-state index contributed by atoms with van der Waals surface area (Å²) in [7, 11) is 0. The summed E-state index contributed by atoms with van der Waals surface area (Å²) in [5.74, 6) is -10.3. The van der Waals surface area contributed by atoms with Gasteiger partial charge in [0.2, 0.25) is 0 Å². The van der Waals surface area contributed by atoms with Crippen LogP contribution >= 0.6 is 0 Å². The van der Waals surface area contributed by atoms with Gasteiger partial charge in [-0.25, -0.2) is 4.79 Å². The molecule has 82 heavy (non-hydrogen) atoms. The summed E-state index contributed by atoms with van der Waals surface area (Å²) in [6, 6.07) is 0. The molecule has 0 aromatic heterocycles. The summed E-state index contributed by atoms with van der Waals surface area (Å²) in [4.78, 5) is 59.9. The lowest BCUT2D eigenvalue weighted by Crippen LogP contribution is -2.67. The minimum absolute atomic E-state index is 0.00636. The number of carbonyl (C=O) groups excluding carboxylic acids is 5. The highest BCUT2D eigenvalue weighted by Gasteiger charge is 2.79. The van der Waals surface area contributed by atoms with Gasteiger partial charge < -0.3 is 39.0 Å². The molecule has 1 heterocycles. The molecule has 1 aliphatic heterocycles. The summed E-state index contributed by atoms with van der Waals surface area (Å²) in [6.45, 7) is 13.5. The van der Waals surface area contributed by atoms with E-state index in [0.29, 0.717) is 38.5 Å². The number of alkyl halides is 18. The standard InChI is InChI=1S/C18H22F12O4.C17H26F6O3.C16H22O6/c1-4-12(2,3)11(31)34-10-6-8(13(32,15(19,20)21)16(22,23)24)5-9(7-10)14(33,17(25,26)27)18(28,29)30;1-4-14(2,3)13(24)26-12(11-8-6-5-7-9-11)10-15(25,16(18,19)20)17(21,22)23;1-4-16(2,3)15(19)20-7-11(17)21-12-8-5-9-10(6-8)14(18)22-13(9)12/h8-10,32-33H,4-7H2,1-3H3;11-12,25H,4-10H2,1-3H3;8-10,12-13H,4-7H2,1-3H3. The summed E-state index contributed by atoms with van der Waals surface area (Å²) >= 11 is 0. The number of esters is 5. The Morgan fingerprint density at radius 1 is 0.549 bits per heavy atom. The lowest BCUT2D eigenvalue weighted by molar-refractivity contribution is -0.405. The van der Waals surface area contributed by atoms with Crippen molar-refractivity contribution in [2.24, 2.45) is 51.8 Å². The number of fused-ring (bicyclic) bond motifs is 1. The fraction of sp³-hybridized carbons (Fsp3) is 0.902. The predicted molar refractivity (Wildman–Crippen MR) is 246 cm³/mol. The van der Waals surface area contributed by atoms with E-state index >= 15 is 0 Å². The SMILES string of the molecule is CCC(C)(C)C(=O)OC(CC(O)(C(F)(F)F)C(F)(F)F)C1CCCCC1.CCC(C)(C)C(=O)OC1CC(C(O)(C(F)(F)F)C(F)(F)F)CC(C(O)(C(F)(F)F)C(F)(F)F)C1.CCC(C)(C)C(=O)OCC(=O)OC1C2CC3C(=O)OC1C3C2. The lowest BCUT2D eigenvalue weighted by Gasteiger charge is -2.48. The second kappa shape index (κ2) is 25.1. The van der Waals surface area contributed by atoms with Crippen LogP contribution in [0, 0.1) is 51.8 Å². The molecule has 4 saturated carbocycles. The van der Waals surface area contributed by atoms with E-state index in [1.54, 1.807) is 20.8 Å². The van der Waals surface area contributed by atoms with Gasteiger partial charge in [0.15, 0.2) is 6.61 Å². The molecule has 5 fully saturated rings. The first-order chi connectivity index (χ1) is 36.8. The van der Waals surface area contributed by atoms with Crippen LogP contribution in [0.25, 0.3) is 0 Å². The Morgan fingerprint density at radius 3 is 1.37 bits per heavy atom. The second-order valence-corrected chi connectivity index (χ2v) is 23.7. The molecule has 8 unspecified atom stereocenters. The number of ether oxygens (including phenoxy) is 5.